The van der Waals surface area contributed by atoms with Gasteiger partial charge in [-0.1, -0.05) is 25.4 Å². The number of imidazole rings is 1. The van der Waals surface area contributed by atoms with Crippen LogP contribution in [-0.4, -0.2) is 19.5 Å². The minimum absolute atomic E-state index is 0.473. The third-order valence-corrected chi connectivity index (χ3v) is 2.51. The van der Waals surface area contributed by atoms with Gasteiger partial charge < -0.3 is 4.57 Å². The molecule has 0 atom stereocenters. The summed E-state index contributed by atoms with van der Waals surface area (Å²) in [7, 11) is 0. The number of aryl methyl sites for hydroxylation is 1. The molecule has 2 aromatic heterocycles. The Morgan fingerprint density at radius 2 is 2.13 bits per heavy atom. The summed E-state index contributed by atoms with van der Waals surface area (Å²) in [6.07, 6.45) is 1.44. The van der Waals surface area contributed by atoms with E-state index in [0.717, 1.165) is 17.9 Å². The molecule has 5 heteroatoms. The molecule has 0 saturated heterocycles. The molecule has 0 fully saturated rings. The Kier molecular flexibility index (Phi) is 2.61. The summed E-state index contributed by atoms with van der Waals surface area (Å²) in [6, 6.07) is 0. The van der Waals surface area contributed by atoms with Gasteiger partial charge in [0.1, 0.15) is 17.7 Å². The molecular weight excluding hydrogens is 212 g/mol. The molecule has 80 valence electrons. The van der Waals surface area contributed by atoms with E-state index >= 15 is 0 Å². The van der Waals surface area contributed by atoms with Crippen LogP contribution >= 0.6 is 11.6 Å². The Balaban J connectivity index is 2.65. The van der Waals surface area contributed by atoms with Gasteiger partial charge in [-0.2, -0.15) is 0 Å². The van der Waals surface area contributed by atoms with Crippen molar-refractivity contribution in [1.82, 2.24) is 19.5 Å². The van der Waals surface area contributed by atoms with E-state index in [9.17, 15) is 0 Å². The summed E-state index contributed by atoms with van der Waals surface area (Å²) in [5.74, 6) is 1.47. The Morgan fingerprint density at radius 1 is 1.40 bits per heavy atom. The van der Waals surface area contributed by atoms with Crippen molar-refractivity contribution in [2.45, 2.75) is 27.3 Å². The Bertz CT molecular complexity index is 489. The van der Waals surface area contributed by atoms with Crippen LogP contribution in [0.2, 0.25) is 5.15 Å². The lowest BCUT2D eigenvalue weighted by Crippen LogP contribution is -2.06. The van der Waals surface area contributed by atoms with Crippen LogP contribution < -0.4 is 0 Å². The fourth-order valence-corrected chi connectivity index (χ4v) is 1.86. The molecule has 0 bridgehead atoms. The van der Waals surface area contributed by atoms with Gasteiger partial charge in [-0.05, 0) is 12.8 Å². The Labute approximate surface area is 93.3 Å². The molecule has 0 aliphatic carbocycles. The number of aromatic nitrogens is 4. The summed E-state index contributed by atoms with van der Waals surface area (Å²) in [5.41, 5.74) is 1.51. The van der Waals surface area contributed by atoms with E-state index in [1.165, 1.54) is 6.33 Å². The predicted molar refractivity (Wildman–Crippen MR) is 59.9 cm³/mol. The van der Waals surface area contributed by atoms with E-state index in [1.807, 2.05) is 6.92 Å². The van der Waals surface area contributed by atoms with Crippen LogP contribution in [0.15, 0.2) is 6.33 Å². The number of nitrogens with zero attached hydrogens (tertiary/aromatic N) is 4. The van der Waals surface area contributed by atoms with Crippen molar-refractivity contribution in [3.05, 3.63) is 17.3 Å². The van der Waals surface area contributed by atoms with Gasteiger partial charge in [-0.25, -0.2) is 15.0 Å². The van der Waals surface area contributed by atoms with Crippen LogP contribution in [0, 0.1) is 12.8 Å². The predicted octanol–water partition coefficient (Wildman–Crippen LogP) is 2.44. The maximum Gasteiger partial charge on any atom is 0.182 e. The summed E-state index contributed by atoms with van der Waals surface area (Å²) < 4.78 is 2.07. The van der Waals surface area contributed by atoms with E-state index < -0.39 is 0 Å². The van der Waals surface area contributed by atoms with E-state index in [4.69, 9.17) is 11.6 Å². The minimum Gasteiger partial charge on any atom is -0.324 e. The van der Waals surface area contributed by atoms with Crippen molar-refractivity contribution in [3.63, 3.8) is 0 Å². The lowest BCUT2D eigenvalue weighted by Gasteiger charge is -2.09. The van der Waals surface area contributed by atoms with Gasteiger partial charge in [0, 0.05) is 6.54 Å². The number of halogens is 1. The van der Waals surface area contributed by atoms with E-state index in [0.29, 0.717) is 16.7 Å². The third-order valence-electron chi connectivity index (χ3n) is 2.23. The monoisotopic (exact) mass is 224 g/mol. The van der Waals surface area contributed by atoms with E-state index in [2.05, 4.69) is 33.4 Å². The summed E-state index contributed by atoms with van der Waals surface area (Å²) >= 11 is 6.05. The highest BCUT2D eigenvalue weighted by Gasteiger charge is 2.12. The molecule has 2 aromatic rings. The van der Waals surface area contributed by atoms with Crippen molar-refractivity contribution < 1.29 is 0 Å². The first-order valence-electron chi connectivity index (χ1n) is 4.93. The van der Waals surface area contributed by atoms with Crippen molar-refractivity contribution in [2.75, 3.05) is 0 Å². The molecule has 0 N–H and O–H groups in total. The smallest absolute Gasteiger partial charge is 0.182 e. The Morgan fingerprint density at radius 3 is 2.80 bits per heavy atom. The molecule has 0 aliphatic rings. The molecule has 0 radical (unpaired) electrons. The SMILES string of the molecule is Cc1nc2ncnc(Cl)c2n1CC(C)C. The van der Waals surface area contributed by atoms with Gasteiger partial charge in [0.05, 0.1) is 0 Å². The molecule has 2 heterocycles. The minimum atomic E-state index is 0.473. The summed E-state index contributed by atoms with van der Waals surface area (Å²) in [6.45, 7) is 7.15. The van der Waals surface area contributed by atoms with E-state index in [1.54, 1.807) is 0 Å². The molecule has 0 aliphatic heterocycles. The molecule has 2 rings (SSSR count). The number of rotatable bonds is 2. The van der Waals surface area contributed by atoms with Crippen LogP contribution in [0.5, 0.6) is 0 Å². The van der Waals surface area contributed by atoms with Gasteiger partial charge in [0.15, 0.2) is 10.8 Å². The number of fused-ring (bicyclic) bond motifs is 1. The van der Waals surface area contributed by atoms with Crippen molar-refractivity contribution in [3.8, 4) is 0 Å². The number of hydrogen-bond donors (Lipinski definition) is 0. The molecule has 4 nitrogen and oxygen atoms in total. The first-order valence-corrected chi connectivity index (χ1v) is 5.30. The largest absolute Gasteiger partial charge is 0.324 e. The van der Waals surface area contributed by atoms with Crippen LogP contribution in [0.4, 0.5) is 0 Å². The average Bonchev–Trinajstić information content (AvgIpc) is 2.43. The second kappa shape index (κ2) is 3.77. The fraction of sp³-hybridized carbons (Fsp3) is 0.500. The normalized spacial score (nSPS) is 11.5. The molecule has 0 spiro atoms. The lowest BCUT2D eigenvalue weighted by molar-refractivity contribution is 0.524. The molecule has 0 amide bonds. The van der Waals surface area contributed by atoms with Crippen LogP contribution in [0.1, 0.15) is 19.7 Å². The Hall–Kier alpha value is -1.16. The van der Waals surface area contributed by atoms with Crippen molar-refractivity contribution >= 4 is 22.8 Å². The molecule has 0 saturated carbocycles. The second-order valence-corrected chi connectivity index (χ2v) is 4.36. The molecule has 0 unspecified atom stereocenters. The maximum absolute atomic E-state index is 6.05. The van der Waals surface area contributed by atoms with Gasteiger partial charge in [-0.3, -0.25) is 0 Å². The highest BCUT2D eigenvalue weighted by molar-refractivity contribution is 6.33. The van der Waals surface area contributed by atoms with Gasteiger partial charge in [0.2, 0.25) is 0 Å². The van der Waals surface area contributed by atoms with Gasteiger partial charge in [0.25, 0.3) is 0 Å². The van der Waals surface area contributed by atoms with Gasteiger partial charge in [-0.15, -0.1) is 0 Å². The summed E-state index contributed by atoms with van der Waals surface area (Å²) in [5, 5.41) is 0.473. The summed E-state index contributed by atoms with van der Waals surface area (Å²) in [4.78, 5) is 12.4. The quantitative estimate of drug-likeness (QED) is 0.736. The first kappa shape index (κ1) is 10.4. The zero-order valence-corrected chi connectivity index (χ0v) is 9.78. The highest BCUT2D eigenvalue weighted by Crippen LogP contribution is 2.21. The van der Waals surface area contributed by atoms with Crippen LogP contribution in [0.25, 0.3) is 11.2 Å². The van der Waals surface area contributed by atoms with Gasteiger partial charge >= 0.3 is 0 Å². The van der Waals surface area contributed by atoms with Crippen LogP contribution in [0.3, 0.4) is 0 Å². The number of hydrogen-bond acceptors (Lipinski definition) is 3. The average molecular weight is 225 g/mol. The second-order valence-electron chi connectivity index (χ2n) is 4.00. The molecular formula is C10H13ClN4. The van der Waals surface area contributed by atoms with Crippen molar-refractivity contribution in [2.24, 2.45) is 5.92 Å². The zero-order chi connectivity index (χ0) is 11.0. The van der Waals surface area contributed by atoms with E-state index in [-0.39, 0.29) is 0 Å². The maximum atomic E-state index is 6.05. The third kappa shape index (κ3) is 1.81. The standard InChI is InChI=1S/C10H13ClN4/c1-6(2)4-15-7(3)14-10-8(15)9(11)12-5-13-10/h5-6H,4H2,1-3H3. The van der Waals surface area contributed by atoms with Crippen molar-refractivity contribution in [1.29, 1.82) is 0 Å². The molecule has 0 aromatic carbocycles. The first-order chi connectivity index (χ1) is 7.09. The topological polar surface area (TPSA) is 43.6 Å². The lowest BCUT2D eigenvalue weighted by atomic mass is 10.2. The molecule has 15 heavy (non-hydrogen) atoms. The van der Waals surface area contributed by atoms with Crippen LogP contribution in [-0.2, 0) is 6.54 Å². The fourth-order valence-electron chi connectivity index (χ4n) is 1.63. The highest BCUT2D eigenvalue weighted by atomic mass is 35.5. The zero-order valence-electron chi connectivity index (χ0n) is 9.03.